The van der Waals surface area contributed by atoms with E-state index >= 15 is 0 Å². The standard InChI is InChI=1S/C14H23N3/c1-12-5-6-14(16-9-12)10-15-13(2)11-17-7-3-4-8-17/h5-6,9,13,15H,3-4,7-8,10-11H2,1-2H3. The Kier molecular flexibility index (Phi) is 4.51. The highest BCUT2D eigenvalue weighted by Crippen LogP contribution is 2.07. The first kappa shape index (κ1) is 12.5. The summed E-state index contributed by atoms with van der Waals surface area (Å²) in [6.45, 7) is 8.90. The minimum Gasteiger partial charge on any atom is -0.307 e. The highest BCUT2D eigenvalue weighted by Gasteiger charge is 2.14. The number of hydrogen-bond acceptors (Lipinski definition) is 3. The third-order valence-corrected chi connectivity index (χ3v) is 3.34. The molecule has 3 heteroatoms. The van der Waals surface area contributed by atoms with Gasteiger partial charge in [-0.2, -0.15) is 0 Å². The molecule has 0 spiro atoms. The summed E-state index contributed by atoms with van der Waals surface area (Å²) in [6.07, 6.45) is 4.67. The second-order valence-corrected chi connectivity index (χ2v) is 5.12. The third-order valence-electron chi connectivity index (χ3n) is 3.34. The van der Waals surface area contributed by atoms with Crippen molar-refractivity contribution in [2.75, 3.05) is 19.6 Å². The number of hydrogen-bond donors (Lipinski definition) is 1. The Bertz CT molecular complexity index is 328. The quantitative estimate of drug-likeness (QED) is 0.842. The van der Waals surface area contributed by atoms with Crippen molar-refractivity contribution in [1.29, 1.82) is 0 Å². The molecule has 94 valence electrons. The summed E-state index contributed by atoms with van der Waals surface area (Å²) in [5, 5.41) is 3.54. The Labute approximate surface area is 104 Å². The second-order valence-electron chi connectivity index (χ2n) is 5.12. The zero-order chi connectivity index (χ0) is 12.1. The van der Waals surface area contributed by atoms with Crippen molar-refractivity contribution in [1.82, 2.24) is 15.2 Å². The fraction of sp³-hybridized carbons (Fsp3) is 0.643. The lowest BCUT2D eigenvalue weighted by Gasteiger charge is -2.21. The lowest BCUT2D eigenvalue weighted by atomic mass is 10.2. The van der Waals surface area contributed by atoms with Gasteiger partial charge in [0.1, 0.15) is 0 Å². The maximum atomic E-state index is 4.41. The van der Waals surface area contributed by atoms with Gasteiger partial charge in [-0.25, -0.2) is 0 Å². The molecule has 1 fully saturated rings. The molecule has 0 bridgehead atoms. The van der Waals surface area contributed by atoms with Gasteiger partial charge in [0.15, 0.2) is 0 Å². The average Bonchev–Trinajstić information content (AvgIpc) is 2.81. The maximum absolute atomic E-state index is 4.41. The molecule has 2 rings (SSSR count). The largest absolute Gasteiger partial charge is 0.307 e. The van der Waals surface area contributed by atoms with E-state index in [0.717, 1.165) is 18.8 Å². The van der Waals surface area contributed by atoms with E-state index in [1.165, 1.54) is 31.5 Å². The van der Waals surface area contributed by atoms with Gasteiger partial charge >= 0.3 is 0 Å². The molecule has 0 saturated carbocycles. The normalized spacial score (nSPS) is 18.5. The molecule has 1 aromatic heterocycles. The first-order valence-electron chi connectivity index (χ1n) is 6.61. The summed E-state index contributed by atoms with van der Waals surface area (Å²) in [4.78, 5) is 6.95. The highest BCUT2D eigenvalue weighted by molar-refractivity contribution is 5.12. The summed E-state index contributed by atoms with van der Waals surface area (Å²) in [5.41, 5.74) is 2.35. The molecule has 2 heterocycles. The van der Waals surface area contributed by atoms with Crippen molar-refractivity contribution < 1.29 is 0 Å². The van der Waals surface area contributed by atoms with Crippen LogP contribution in [0.15, 0.2) is 18.3 Å². The minimum atomic E-state index is 0.538. The summed E-state index contributed by atoms with van der Waals surface area (Å²) in [5.74, 6) is 0. The number of nitrogens with zero attached hydrogens (tertiary/aromatic N) is 2. The van der Waals surface area contributed by atoms with Crippen molar-refractivity contribution in [2.45, 2.75) is 39.3 Å². The van der Waals surface area contributed by atoms with E-state index in [9.17, 15) is 0 Å². The molecule has 3 nitrogen and oxygen atoms in total. The van der Waals surface area contributed by atoms with Gasteiger partial charge in [0.2, 0.25) is 0 Å². The first-order chi connectivity index (χ1) is 8.24. The van der Waals surface area contributed by atoms with Crippen LogP contribution in [0.3, 0.4) is 0 Å². The number of rotatable bonds is 5. The van der Waals surface area contributed by atoms with Crippen LogP contribution < -0.4 is 5.32 Å². The molecule has 1 atom stereocenters. The van der Waals surface area contributed by atoms with E-state index < -0.39 is 0 Å². The second kappa shape index (κ2) is 6.12. The van der Waals surface area contributed by atoms with Crippen molar-refractivity contribution in [3.63, 3.8) is 0 Å². The van der Waals surface area contributed by atoms with Crippen molar-refractivity contribution >= 4 is 0 Å². The molecular formula is C14H23N3. The number of nitrogens with one attached hydrogen (secondary N) is 1. The Morgan fingerprint density at radius 1 is 1.35 bits per heavy atom. The summed E-state index contributed by atoms with van der Waals surface area (Å²) >= 11 is 0. The number of pyridine rings is 1. The van der Waals surface area contributed by atoms with Crippen molar-refractivity contribution in [3.8, 4) is 0 Å². The average molecular weight is 233 g/mol. The van der Waals surface area contributed by atoms with Crippen LogP contribution in [0.2, 0.25) is 0 Å². The molecule has 1 saturated heterocycles. The van der Waals surface area contributed by atoms with Gasteiger partial charge in [-0.3, -0.25) is 4.98 Å². The topological polar surface area (TPSA) is 28.2 Å². The lowest BCUT2D eigenvalue weighted by Crippen LogP contribution is -2.37. The Hall–Kier alpha value is -0.930. The molecule has 0 aromatic carbocycles. The fourth-order valence-corrected chi connectivity index (χ4v) is 2.30. The predicted molar refractivity (Wildman–Crippen MR) is 70.9 cm³/mol. The van der Waals surface area contributed by atoms with E-state index in [0.29, 0.717) is 6.04 Å². The van der Waals surface area contributed by atoms with Crippen LogP contribution >= 0.6 is 0 Å². The monoisotopic (exact) mass is 233 g/mol. The van der Waals surface area contributed by atoms with Crippen molar-refractivity contribution in [2.24, 2.45) is 0 Å². The van der Waals surface area contributed by atoms with Gasteiger partial charge in [0.05, 0.1) is 5.69 Å². The highest BCUT2D eigenvalue weighted by atomic mass is 15.2. The third kappa shape index (κ3) is 4.10. The molecule has 1 unspecified atom stereocenters. The van der Waals surface area contributed by atoms with E-state index in [-0.39, 0.29) is 0 Å². The Morgan fingerprint density at radius 3 is 2.76 bits per heavy atom. The number of aryl methyl sites for hydroxylation is 1. The molecule has 0 radical (unpaired) electrons. The van der Waals surface area contributed by atoms with Gasteiger partial charge in [0, 0.05) is 25.3 Å². The first-order valence-corrected chi connectivity index (χ1v) is 6.61. The van der Waals surface area contributed by atoms with Gasteiger partial charge in [-0.1, -0.05) is 6.07 Å². The van der Waals surface area contributed by atoms with Crippen LogP contribution in [0, 0.1) is 6.92 Å². The molecule has 1 aliphatic heterocycles. The van der Waals surface area contributed by atoms with Crippen LogP contribution in [0.5, 0.6) is 0 Å². The molecule has 0 amide bonds. The SMILES string of the molecule is Cc1ccc(CNC(C)CN2CCCC2)nc1. The molecule has 0 aliphatic carbocycles. The lowest BCUT2D eigenvalue weighted by molar-refractivity contribution is 0.298. The molecule has 1 N–H and O–H groups in total. The minimum absolute atomic E-state index is 0.538. The van der Waals surface area contributed by atoms with E-state index in [1.54, 1.807) is 0 Å². The number of aromatic nitrogens is 1. The summed E-state index contributed by atoms with van der Waals surface area (Å²) < 4.78 is 0. The molecule has 1 aromatic rings. The van der Waals surface area contributed by atoms with Gasteiger partial charge in [-0.15, -0.1) is 0 Å². The fourth-order valence-electron chi connectivity index (χ4n) is 2.30. The van der Waals surface area contributed by atoms with Gasteiger partial charge in [0.25, 0.3) is 0 Å². The van der Waals surface area contributed by atoms with Crippen LogP contribution in [-0.4, -0.2) is 35.6 Å². The zero-order valence-electron chi connectivity index (χ0n) is 10.9. The van der Waals surface area contributed by atoms with Crippen LogP contribution in [0.1, 0.15) is 31.0 Å². The summed E-state index contributed by atoms with van der Waals surface area (Å²) in [6, 6.07) is 4.76. The molecule has 17 heavy (non-hydrogen) atoms. The van der Waals surface area contributed by atoms with Crippen LogP contribution in [-0.2, 0) is 6.54 Å². The summed E-state index contributed by atoms with van der Waals surface area (Å²) in [7, 11) is 0. The maximum Gasteiger partial charge on any atom is 0.0541 e. The zero-order valence-corrected chi connectivity index (χ0v) is 10.9. The van der Waals surface area contributed by atoms with Crippen molar-refractivity contribution in [3.05, 3.63) is 29.6 Å². The number of likely N-dealkylation sites (tertiary alicyclic amines) is 1. The van der Waals surface area contributed by atoms with E-state index in [1.807, 2.05) is 6.20 Å². The Morgan fingerprint density at radius 2 is 2.12 bits per heavy atom. The molecule has 1 aliphatic rings. The Balaban J connectivity index is 1.71. The van der Waals surface area contributed by atoms with Crippen LogP contribution in [0.4, 0.5) is 0 Å². The van der Waals surface area contributed by atoms with Gasteiger partial charge in [-0.05, 0) is 51.4 Å². The smallest absolute Gasteiger partial charge is 0.0541 e. The van der Waals surface area contributed by atoms with E-state index in [2.05, 4.69) is 41.2 Å². The van der Waals surface area contributed by atoms with E-state index in [4.69, 9.17) is 0 Å². The molecular weight excluding hydrogens is 210 g/mol. The van der Waals surface area contributed by atoms with Crippen LogP contribution in [0.25, 0.3) is 0 Å². The van der Waals surface area contributed by atoms with Gasteiger partial charge < -0.3 is 10.2 Å². The predicted octanol–water partition coefficient (Wildman–Crippen LogP) is 1.96.